The van der Waals surface area contributed by atoms with E-state index in [-0.39, 0.29) is 0 Å². The fourth-order valence-electron chi connectivity index (χ4n) is 1.57. The quantitative estimate of drug-likeness (QED) is 0.787. The highest BCUT2D eigenvalue weighted by atomic mass is 16.5. The summed E-state index contributed by atoms with van der Waals surface area (Å²) < 4.78 is 10.3. The summed E-state index contributed by atoms with van der Waals surface area (Å²) >= 11 is 0. The maximum absolute atomic E-state index is 5.79. The monoisotopic (exact) mass is 248 g/mol. The number of anilines is 2. The number of nitrogens with zero attached hydrogens (tertiary/aromatic N) is 2. The van der Waals surface area contributed by atoms with E-state index in [1.165, 1.54) is 0 Å². The molecule has 0 amide bonds. The van der Waals surface area contributed by atoms with Gasteiger partial charge in [0.2, 0.25) is 5.89 Å². The molecule has 2 rings (SSSR count). The molecule has 0 atom stereocenters. The van der Waals surface area contributed by atoms with E-state index < -0.39 is 0 Å². The molecule has 6 heteroatoms. The van der Waals surface area contributed by atoms with Gasteiger partial charge in [-0.05, 0) is 13.0 Å². The smallest absolute Gasteiger partial charge is 0.223 e. The summed E-state index contributed by atoms with van der Waals surface area (Å²) in [5, 5.41) is 6.97. The summed E-state index contributed by atoms with van der Waals surface area (Å²) in [5.41, 5.74) is 7.30. The van der Waals surface area contributed by atoms with Crippen molar-refractivity contribution in [3.8, 4) is 5.75 Å². The normalized spacial score (nSPS) is 10.3. The van der Waals surface area contributed by atoms with Crippen LogP contribution in [0.2, 0.25) is 0 Å². The Balaban J connectivity index is 2.04. The van der Waals surface area contributed by atoms with Crippen LogP contribution in [0.1, 0.15) is 18.6 Å². The number of nitrogen functional groups attached to an aromatic ring is 1. The van der Waals surface area contributed by atoms with Gasteiger partial charge in [-0.1, -0.05) is 5.16 Å². The SMILES string of the molecule is CCOc1cc(N)cc(NCc2noc(C)n2)c1. The number of hydrogen-bond donors (Lipinski definition) is 2. The molecule has 0 radical (unpaired) electrons. The van der Waals surface area contributed by atoms with Crippen LogP contribution in [0.4, 0.5) is 11.4 Å². The summed E-state index contributed by atoms with van der Waals surface area (Å²) in [6.45, 7) is 4.77. The largest absolute Gasteiger partial charge is 0.494 e. The van der Waals surface area contributed by atoms with Crippen LogP contribution in [0.5, 0.6) is 5.75 Å². The molecule has 3 N–H and O–H groups in total. The second kappa shape index (κ2) is 5.39. The molecule has 0 aliphatic carbocycles. The van der Waals surface area contributed by atoms with Crippen LogP contribution < -0.4 is 15.8 Å². The summed E-state index contributed by atoms with van der Waals surface area (Å²) in [7, 11) is 0. The Hall–Kier alpha value is -2.24. The fourth-order valence-corrected chi connectivity index (χ4v) is 1.57. The van der Waals surface area contributed by atoms with Crippen LogP contribution >= 0.6 is 0 Å². The molecule has 2 aromatic rings. The van der Waals surface area contributed by atoms with E-state index in [2.05, 4.69) is 15.5 Å². The Kier molecular flexibility index (Phi) is 3.66. The van der Waals surface area contributed by atoms with E-state index in [0.29, 0.717) is 30.6 Å². The van der Waals surface area contributed by atoms with Crippen molar-refractivity contribution >= 4 is 11.4 Å². The van der Waals surface area contributed by atoms with Crippen LogP contribution in [0.25, 0.3) is 0 Å². The summed E-state index contributed by atoms with van der Waals surface area (Å²) in [6, 6.07) is 5.50. The lowest BCUT2D eigenvalue weighted by Crippen LogP contribution is -2.02. The minimum absolute atomic E-state index is 0.479. The van der Waals surface area contributed by atoms with E-state index in [1.54, 1.807) is 13.0 Å². The van der Waals surface area contributed by atoms with Gasteiger partial charge in [0, 0.05) is 30.4 Å². The van der Waals surface area contributed by atoms with Crippen LogP contribution in [0.3, 0.4) is 0 Å². The van der Waals surface area contributed by atoms with E-state index in [9.17, 15) is 0 Å². The first kappa shape index (κ1) is 12.2. The van der Waals surface area contributed by atoms with Crippen molar-refractivity contribution in [2.45, 2.75) is 20.4 Å². The molecular weight excluding hydrogens is 232 g/mol. The van der Waals surface area contributed by atoms with Gasteiger partial charge in [0.05, 0.1) is 13.2 Å². The van der Waals surface area contributed by atoms with Crippen molar-refractivity contribution in [3.63, 3.8) is 0 Å². The lowest BCUT2D eigenvalue weighted by Gasteiger charge is -2.09. The van der Waals surface area contributed by atoms with Crippen molar-refractivity contribution < 1.29 is 9.26 Å². The molecule has 1 heterocycles. The van der Waals surface area contributed by atoms with Crippen molar-refractivity contribution in [1.29, 1.82) is 0 Å². The number of hydrogen-bond acceptors (Lipinski definition) is 6. The molecule has 1 aromatic heterocycles. The summed E-state index contributed by atoms with van der Waals surface area (Å²) in [5.74, 6) is 1.89. The summed E-state index contributed by atoms with van der Waals surface area (Å²) in [4.78, 5) is 4.10. The van der Waals surface area contributed by atoms with Crippen molar-refractivity contribution in [2.24, 2.45) is 0 Å². The summed E-state index contributed by atoms with van der Waals surface area (Å²) in [6.07, 6.45) is 0. The highest BCUT2D eigenvalue weighted by Crippen LogP contribution is 2.22. The third-order valence-electron chi connectivity index (χ3n) is 2.26. The molecule has 0 unspecified atom stereocenters. The van der Waals surface area contributed by atoms with Gasteiger partial charge in [-0.3, -0.25) is 0 Å². The minimum atomic E-state index is 0.479. The predicted octanol–water partition coefficient (Wildman–Crippen LogP) is 1.97. The van der Waals surface area contributed by atoms with Crippen LogP contribution in [0, 0.1) is 6.92 Å². The topological polar surface area (TPSA) is 86.2 Å². The Morgan fingerprint density at radius 2 is 2.22 bits per heavy atom. The molecule has 0 saturated carbocycles. The molecule has 0 aliphatic heterocycles. The van der Waals surface area contributed by atoms with Gasteiger partial charge in [-0.25, -0.2) is 0 Å². The number of aryl methyl sites for hydroxylation is 1. The maximum atomic E-state index is 5.79. The first-order chi connectivity index (χ1) is 8.67. The van der Waals surface area contributed by atoms with E-state index in [1.807, 2.05) is 19.1 Å². The lowest BCUT2D eigenvalue weighted by molar-refractivity contribution is 0.340. The number of ether oxygens (including phenoxy) is 1. The lowest BCUT2D eigenvalue weighted by atomic mass is 10.2. The molecule has 1 aromatic carbocycles. The minimum Gasteiger partial charge on any atom is -0.494 e. The molecule has 0 fully saturated rings. The zero-order valence-electron chi connectivity index (χ0n) is 10.4. The van der Waals surface area contributed by atoms with Crippen molar-refractivity contribution in [3.05, 3.63) is 29.9 Å². The maximum Gasteiger partial charge on any atom is 0.223 e. The Bertz CT molecular complexity index is 525. The van der Waals surface area contributed by atoms with Gasteiger partial charge in [-0.2, -0.15) is 4.98 Å². The molecular formula is C12H16N4O2. The first-order valence-corrected chi connectivity index (χ1v) is 5.74. The second-order valence-corrected chi connectivity index (χ2v) is 3.81. The van der Waals surface area contributed by atoms with Gasteiger partial charge >= 0.3 is 0 Å². The number of rotatable bonds is 5. The van der Waals surface area contributed by atoms with E-state index in [4.69, 9.17) is 15.0 Å². The Morgan fingerprint density at radius 3 is 2.89 bits per heavy atom. The van der Waals surface area contributed by atoms with Gasteiger partial charge in [0.25, 0.3) is 0 Å². The van der Waals surface area contributed by atoms with Gasteiger partial charge in [0.1, 0.15) is 5.75 Å². The van der Waals surface area contributed by atoms with Crippen LogP contribution in [-0.2, 0) is 6.54 Å². The fraction of sp³-hybridized carbons (Fsp3) is 0.333. The molecule has 0 spiro atoms. The van der Waals surface area contributed by atoms with Gasteiger partial charge in [-0.15, -0.1) is 0 Å². The third kappa shape index (κ3) is 3.13. The predicted molar refractivity (Wildman–Crippen MR) is 68.4 cm³/mol. The van der Waals surface area contributed by atoms with Crippen molar-refractivity contribution in [2.75, 3.05) is 17.7 Å². The third-order valence-corrected chi connectivity index (χ3v) is 2.26. The number of benzene rings is 1. The average Bonchev–Trinajstić information content (AvgIpc) is 2.72. The molecule has 0 saturated heterocycles. The van der Waals surface area contributed by atoms with Crippen molar-refractivity contribution in [1.82, 2.24) is 10.1 Å². The van der Waals surface area contributed by atoms with Crippen LogP contribution in [0.15, 0.2) is 22.7 Å². The molecule has 96 valence electrons. The van der Waals surface area contributed by atoms with Gasteiger partial charge in [0.15, 0.2) is 5.82 Å². The molecule has 6 nitrogen and oxygen atoms in total. The number of nitrogens with two attached hydrogens (primary N) is 1. The van der Waals surface area contributed by atoms with E-state index >= 15 is 0 Å². The van der Waals surface area contributed by atoms with Gasteiger partial charge < -0.3 is 20.3 Å². The molecule has 18 heavy (non-hydrogen) atoms. The van der Waals surface area contributed by atoms with Crippen LogP contribution in [-0.4, -0.2) is 16.7 Å². The zero-order chi connectivity index (χ0) is 13.0. The number of nitrogens with one attached hydrogen (secondary N) is 1. The Labute approximate surface area is 105 Å². The average molecular weight is 248 g/mol. The molecule has 0 bridgehead atoms. The first-order valence-electron chi connectivity index (χ1n) is 5.74. The zero-order valence-corrected chi connectivity index (χ0v) is 10.4. The second-order valence-electron chi connectivity index (χ2n) is 3.81. The highest BCUT2D eigenvalue weighted by molar-refractivity contribution is 5.59. The highest BCUT2D eigenvalue weighted by Gasteiger charge is 2.03. The number of aromatic nitrogens is 2. The molecule has 0 aliphatic rings. The van der Waals surface area contributed by atoms with E-state index in [0.717, 1.165) is 11.4 Å². The Morgan fingerprint density at radius 1 is 1.39 bits per heavy atom. The standard InChI is InChI=1S/C12H16N4O2/c1-3-17-11-5-9(13)4-10(6-11)14-7-12-15-8(2)18-16-12/h4-6,14H,3,7,13H2,1-2H3.